The smallest absolute Gasteiger partial charge is 0.295 e. The zero-order valence-corrected chi connectivity index (χ0v) is 18.4. The molecule has 1 aliphatic heterocycles. The van der Waals surface area contributed by atoms with Crippen LogP contribution in [0.4, 0.5) is 0 Å². The fourth-order valence-corrected chi connectivity index (χ4v) is 3.82. The quantitative estimate of drug-likeness (QED) is 0.285. The molecule has 2 aromatic carbocycles. The zero-order valence-electron chi connectivity index (χ0n) is 16.8. The number of aliphatic hydroxyl groups is 1. The fourth-order valence-electron chi connectivity index (χ4n) is 3.40. The molecule has 1 N–H and O–H groups in total. The van der Waals surface area contributed by atoms with E-state index in [0.717, 1.165) is 4.47 Å². The molecule has 0 saturated carbocycles. The van der Waals surface area contributed by atoms with Crippen LogP contribution in [0.1, 0.15) is 17.2 Å². The number of aliphatic hydroxyl groups excluding tert-OH is 1. The summed E-state index contributed by atoms with van der Waals surface area (Å²) in [6.45, 7) is 0.0220. The Morgan fingerprint density at radius 3 is 2.33 bits per heavy atom. The Kier molecular flexibility index (Phi) is 6.91. The van der Waals surface area contributed by atoms with Gasteiger partial charge in [0.25, 0.3) is 11.7 Å². The Morgan fingerprint density at radius 2 is 1.77 bits per heavy atom. The summed E-state index contributed by atoms with van der Waals surface area (Å²) >= 11 is 3.43. The van der Waals surface area contributed by atoms with Crippen LogP contribution in [-0.2, 0) is 19.1 Å². The second-order valence-electron chi connectivity index (χ2n) is 6.64. The summed E-state index contributed by atoms with van der Waals surface area (Å²) in [5.41, 5.74) is 1.09. The zero-order chi connectivity index (χ0) is 21.8. The number of amides is 1. The van der Waals surface area contributed by atoms with Crippen molar-refractivity contribution in [2.75, 3.05) is 27.9 Å². The van der Waals surface area contributed by atoms with Crippen LogP contribution in [0.3, 0.4) is 0 Å². The van der Waals surface area contributed by atoms with Crippen LogP contribution in [0.25, 0.3) is 5.76 Å². The monoisotopic (exact) mass is 475 g/mol. The molecule has 0 unspecified atom stereocenters. The molecule has 8 heteroatoms. The van der Waals surface area contributed by atoms with Crippen molar-refractivity contribution in [2.24, 2.45) is 0 Å². The van der Waals surface area contributed by atoms with Crippen molar-refractivity contribution in [1.82, 2.24) is 4.90 Å². The van der Waals surface area contributed by atoms with Crippen LogP contribution in [0.5, 0.6) is 5.75 Å². The van der Waals surface area contributed by atoms with E-state index >= 15 is 0 Å². The third kappa shape index (κ3) is 4.26. The average molecular weight is 476 g/mol. The lowest BCUT2D eigenvalue weighted by atomic mass is 9.95. The van der Waals surface area contributed by atoms with Crippen LogP contribution in [0.2, 0.25) is 0 Å². The maximum Gasteiger partial charge on any atom is 0.295 e. The van der Waals surface area contributed by atoms with Gasteiger partial charge < -0.3 is 24.2 Å². The molecule has 1 saturated heterocycles. The second-order valence-corrected chi connectivity index (χ2v) is 7.55. The molecule has 30 heavy (non-hydrogen) atoms. The van der Waals surface area contributed by atoms with E-state index in [9.17, 15) is 14.7 Å². The number of nitrogens with zero attached hydrogens (tertiary/aromatic N) is 1. The number of methoxy groups -OCH3 is 3. The van der Waals surface area contributed by atoms with Gasteiger partial charge in [0.1, 0.15) is 11.5 Å². The number of Topliss-reactive ketones (excluding diaryl/α,β-unsaturated/α-hetero) is 1. The van der Waals surface area contributed by atoms with Crippen molar-refractivity contribution < 1.29 is 28.9 Å². The van der Waals surface area contributed by atoms with Crippen molar-refractivity contribution in [3.8, 4) is 5.75 Å². The highest BCUT2D eigenvalue weighted by Gasteiger charge is 2.46. The van der Waals surface area contributed by atoms with Gasteiger partial charge in [0.05, 0.1) is 25.3 Å². The van der Waals surface area contributed by atoms with Crippen molar-refractivity contribution in [3.05, 3.63) is 69.7 Å². The van der Waals surface area contributed by atoms with Crippen molar-refractivity contribution in [3.63, 3.8) is 0 Å². The highest BCUT2D eigenvalue weighted by Crippen LogP contribution is 2.40. The molecule has 0 spiro atoms. The molecule has 158 valence electrons. The highest BCUT2D eigenvalue weighted by atomic mass is 79.9. The Labute approximate surface area is 183 Å². The first-order valence-electron chi connectivity index (χ1n) is 9.15. The van der Waals surface area contributed by atoms with E-state index in [4.69, 9.17) is 14.2 Å². The predicted octanol–water partition coefficient (Wildman–Crippen LogP) is 3.50. The number of hydrogen-bond acceptors (Lipinski definition) is 6. The first kappa shape index (κ1) is 22.0. The Hall–Kier alpha value is -2.68. The summed E-state index contributed by atoms with van der Waals surface area (Å²) in [4.78, 5) is 27.2. The van der Waals surface area contributed by atoms with Gasteiger partial charge in [0, 0.05) is 24.3 Å². The predicted molar refractivity (Wildman–Crippen MR) is 114 cm³/mol. The number of carbonyl (C=O) groups is 2. The average Bonchev–Trinajstić information content (AvgIpc) is 3.01. The van der Waals surface area contributed by atoms with Crippen LogP contribution >= 0.6 is 15.9 Å². The molecular formula is C22H22BrNO6. The lowest BCUT2D eigenvalue weighted by Crippen LogP contribution is -2.38. The van der Waals surface area contributed by atoms with Crippen LogP contribution in [-0.4, -0.2) is 55.9 Å². The molecule has 1 amide bonds. The molecule has 3 rings (SSSR count). The van der Waals surface area contributed by atoms with E-state index in [1.54, 1.807) is 42.5 Å². The van der Waals surface area contributed by atoms with E-state index < -0.39 is 24.0 Å². The number of benzene rings is 2. The minimum absolute atomic E-state index is 0.00854. The van der Waals surface area contributed by atoms with Gasteiger partial charge in [-0.3, -0.25) is 9.59 Å². The first-order chi connectivity index (χ1) is 14.4. The number of rotatable bonds is 7. The molecule has 0 bridgehead atoms. The number of carbonyl (C=O) groups excluding carboxylic acids is 2. The summed E-state index contributed by atoms with van der Waals surface area (Å²) < 4.78 is 16.4. The van der Waals surface area contributed by atoms with Gasteiger partial charge in [-0.05, 0) is 42.0 Å². The molecule has 0 radical (unpaired) electrons. The minimum atomic E-state index is -0.794. The molecule has 7 nitrogen and oxygen atoms in total. The van der Waals surface area contributed by atoms with Crippen molar-refractivity contribution in [1.29, 1.82) is 0 Å². The molecule has 1 aliphatic rings. The second kappa shape index (κ2) is 9.42. The molecule has 1 fully saturated rings. The van der Waals surface area contributed by atoms with E-state index in [-0.39, 0.29) is 17.9 Å². The molecule has 0 aliphatic carbocycles. The third-order valence-corrected chi connectivity index (χ3v) is 5.43. The molecule has 2 aromatic rings. The van der Waals surface area contributed by atoms with Gasteiger partial charge in [-0.15, -0.1) is 0 Å². The topological polar surface area (TPSA) is 85.3 Å². The number of hydrogen-bond donors (Lipinski definition) is 1. The minimum Gasteiger partial charge on any atom is -0.507 e. The summed E-state index contributed by atoms with van der Waals surface area (Å²) in [5, 5.41) is 11.0. The number of ether oxygens (including phenoxy) is 3. The van der Waals surface area contributed by atoms with E-state index in [0.29, 0.717) is 16.9 Å². The lowest BCUT2D eigenvalue weighted by Gasteiger charge is -2.28. The molecular weight excluding hydrogens is 454 g/mol. The van der Waals surface area contributed by atoms with Gasteiger partial charge in [0.2, 0.25) is 0 Å². The maximum atomic E-state index is 13.0. The largest absolute Gasteiger partial charge is 0.507 e. The Morgan fingerprint density at radius 1 is 1.10 bits per heavy atom. The Balaban J connectivity index is 2.15. The van der Waals surface area contributed by atoms with E-state index in [2.05, 4.69) is 15.9 Å². The van der Waals surface area contributed by atoms with E-state index in [1.807, 2.05) is 6.07 Å². The van der Waals surface area contributed by atoms with Gasteiger partial charge in [0.15, 0.2) is 6.29 Å². The SMILES string of the molecule is COc1ccc(C(O)=C2C(=O)C(=O)N(CC(OC)OC)[C@@H]2c2cccc(Br)c2)cc1. The highest BCUT2D eigenvalue weighted by molar-refractivity contribution is 9.10. The van der Waals surface area contributed by atoms with Crippen molar-refractivity contribution in [2.45, 2.75) is 12.3 Å². The third-order valence-electron chi connectivity index (χ3n) is 4.94. The molecule has 1 heterocycles. The summed E-state index contributed by atoms with van der Waals surface area (Å²) in [7, 11) is 4.45. The van der Waals surface area contributed by atoms with Gasteiger partial charge in [-0.2, -0.15) is 0 Å². The number of halogens is 1. The summed E-state index contributed by atoms with van der Waals surface area (Å²) in [6.07, 6.45) is -0.723. The first-order valence-corrected chi connectivity index (χ1v) is 9.94. The van der Waals surface area contributed by atoms with E-state index in [1.165, 1.54) is 26.2 Å². The van der Waals surface area contributed by atoms with Gasteiger partial charge >= 0.3 is 0 Å². The lowest BCUT2D eigenvalue weighted by molar-refractivity contribution is -0.149. The standard InChI is InChI=1S/C22H22BrNO6/c1-28-16-9-7-13(8-10-16)20(25)18-19(14-5-4-6-15(23)11-14)24(22(27)21(18)26)12-17(29-2)30-3/h4-11,17,19,25H,12H2,1-3H3/t19-/m1/s1. The maximum absolute atomic E-state index is 13.0. The molecule has 0 aromatic heterocycles. The fraction of sp³-hybridized carbons (Fsp3) is 0.273. The Bertz CT molecular complexity index is 968. The van der Waals surface area contributed by atoms with Crippen molar-refractivity contribution >= 4 is 33.4 Å². The molecule has 1 atom stereocenters. The number of ketones is 1. The normalized spacial score (nSPS) is 18.3. The van der Waals surface area contributed by atoms with Gasteiger partial charge in [-0.1, -0.05) is 28.1 Å². The van der Waals surface area contributed by atoms with Crippen LogP contribution < -0.4 is 4.74 Å². The van der Waals surface area contributed by atoms with Gasteiger partial charge in [-0.25, -0.2) is 0 Å². The van der Waals surface area contributed by atoms with Crippen LogP contribution in [0, 0.1) is 0 Å². The van der Waals surface area contributed by atoms with Crippen LogP contribution in [0.15, 0.2) is 58.6 Å². The summed E-state index contributed by atoms with van der Waals surface area (Å²) in [6, 6.07) is 13.1. The summed E-state index contributed by atoms with van der Waals surface area (Å²) in [5.74, 6) is -1.14. The number of likely N-dealkylation sites (tertiary alicyclic amines) is 1.